The molecule has 1 unspecified atom stereocenters. The molecule has 148 valence electrons. The normalized spacial score (nSPS) is 15.8. The third-order valence-corrected chi connectivity index (χ3v) is 5.45. The zero-order valence-corrected chi connectivity index (χ0v) is 16.5. The van der Waals surface area contributed by atoms with Gasteiger partial charge in [0.25, 0.3) is 11.5 Å². The molecule has 3 aromatic rings. The minimum atomic E-state index is -0.134. The van der Waals surface area contributed by atoms with Crippen molar-refractivity contribution < 1.29 is 9.53 Å². The van der Waals surface area contributed by atoms with Crippen molar-refractivity contribution >= 4 is 5.91 Å². The number of aromatic nitrogens is 1. The van der Waals surface area contributed by atoms with Gasteiger partial charge in [-0.25, -0.2) is 0 Å². The molecule has 1 aromatic heterocycles. The number of benzene rings is 2. The predicted molar refractivity (Wildman–Crippen MR) is 112 cm³/mol. The fraction of sp³-hybridized carbons (Fsp3) is 0.250. The smallest absolute Gasteiger partial charge is 0.255 e. The van der Waals surface area contributed by atoms with Crippen LogP contribution in [0.15, 0.2) is 77.7 Å². The van der Waals surface area contributed by atoms with Crippen molar-refractivity contribution in [2.24, 2.45) is 0 Å². The Balaban J connectivity index is 1.66. The van der Waals surface area contributed by atoms with Crippen LogP contribution in [0.3, 0.4) is 0 Å². The molecule has 2 heterocycles. The Hall–Kier alpha value is -3.18. The second-order valence-electron chi connectivity index (χ2n) is 7.29. The van der Waals surface area contributed by atoms with E-state index in [1.54, 1.807) is 19.4 Å². The fourth-order valence-electron chi connectivity index (χ4n) is 3.94. The lowest BCUT2D eigenvalue weighted by molar-refractivity contribution is 0.0723. The van der Waals surface area contributed by atoms with Gasteiger partial charge in [-0.3, -0.25) is 9.59 Å². The maximum Gasteiger partial charge on any atom is 0.255 e. The van der Waals surface area contributed by atoms with E-state index in [1.807, 2.05) is 29.2 Å². The number of fused-ring (bicyclic) bond motifs is 1. The molecule has 5 heteroatoms. The summed E-state index contributed by atoms with van der Waals surface area (Å²) >= 11 is 0. The third-order valence-electron chi connectivity index (χ3n) is 5.45. The molecular formula is C24H24N2O3. The molecule has 1 amide bonds. The number of hydrogen-bond acceptors (Lipinski definition) is 3. The molecule has 0 N–H and O–H groups in total. The molecule has 1 aliphatic rings. The maximum atomic E-state index is 13.3. The standard InChI is InChI=1S/C24H24N2O3/c1-29-14-13-25-16-20(11-12-23(25)27)24(28)26-15-19-9-5-6-10-21(19)22(17-26)18-7-3-2-4-8-18/h2-12,16,22H,13-15,17H2,1H3. The van der Waals surface area contributed by atoms with E-state index in [0.29, 0.717) is 31.8 Å². The molecule has 0 radical (unpaired) electrons. The highest BCUT2D eigenvalue weighted by molar-refractivity contribution is 5.94. The largest absolute Gasteiger partial charge is 0.383 e. The van der Waals surface area contributed by atoms with E-state index in [2.05, 4.69) is 30.3 Å². The van der Waals surface area contributed by atoms with E-state index in [1.165, 1.54) is 21.8 Å². The molecule has 1 aliphatic heterocycles. The maximum absolute atomic E-state index is 13.3. The predicted octanol–water partition coefficient (Wildman–Crippen LogP) is 3.28. The van der Waals surface area contributed by atoms with Crippen LogP contribution in [-0.4, -0.2) is 35.6 Å². The summed E-state index contributed by atoms with van der Waals surface area (Å²) in [4.78, 5) is 27.2. The van der Waals surface area contributed by atoms with Crippen LogP contribution >= 0.6 is 0 Å². The second-order valence-corrected chi connectivity index (χ2v) is 7.29. The number of pyridine rings is 1. The summed E-state index contributed by atoms with van der Waals surface area (Å²) in [5.74, 6) is 0.0658. The molecule has 0 saturated heterocycles. The first-order valence-electron chi connectivity index (χ1n) is 9.79. The van der Waals surface area contributed by atoms with Crippen LogP contribution in [-0.2, 0) is 17.8 Å². The van der Waals surface area contributed by atoms with Gasteiger partial charge in [0, 0.05) is 44.9 Å². The van der Waals surface area contributed by atoms with Gasteiger partial charge in [0.05, 0.1) is 12.2 Å². The highest BCUT2D eigenvalue weighted by Gasteiger charge is 2.29. The summed E-state index contributed by atoms with van der Waals surface area (Å²) in [6, 6.07) is 21.7. The average molecular weight is 388 g/mol. The van der Waals surface area contributed by atoms with Crippen LogP contribution in [0.1, 0.15) is 33.0 Å². The van der Waals surface area contributed by atoms with Crippen LogP contribution < -0.4 is 5.56 Å². The molecule has 0 bridgehead atoms. The van der Waals surface area contributed by atoms with Gasteiger partial charge in [-0.15, -0.1) is 0 Å². The van der Waals surface area contributed by atoms with Crippen molar-refractivity contribution in [3.63, 3.8) is 0 Å². The SMILES string of the molecule is COCCn1cc(C(=O)N2Cc3ccccc3C(c3ccccc3)C2)ccc1=O. The summed E-state index contributed by atoms with van der Waals surface area (Å²) in [6.07, 6.45) is 1.64. The van der Waals surface area contributed by atoms with Crippen LogP contribution in [0, 0.1) is 0 Å². The third kappa shape index (κ3) is 4.00. The lowest BCUT2D eigenvalue weighted by Crippen LogP contribution is -2.39. The molecular weight excluding hydrogens is 364 g/mol. The molecule has 0 aliphatic carbocycles. The minimum absolute atomic E-state index is 0.0633. The quantitative estimate of drug-likeness (QED) is 0.674. The van der Waals surface area contributed by atoms with E-state index < -0.39 is 0 Å². The lowest BCUT2D eigenvalue weighted by atomic mass is 9.84. The Morgan fingerprint density at radius 2 is 1.79 bits per heavy atom. The highest BCUT2D eigenvalue weighted by atomic mass is 16.5. The first-order valence-corrected chi connectivity index (χ1v) is 9.79. The van der Waals surface area contributed by atoms with Gasteiger partial charge < -0.3 is 14.2 Å². The summed E-state index contributed by atoms with van der Waals surface area (Å²) < 4.78 is 6.60. The van der Waals surface area contributed by atoms with Crippen molar-refractivity contribution in [3.05, 3.63) is 106 Å². The number of ether oxygens (including phenoxy) is 1. The van der Waals surface area contributed by atoms with Crippen LogP contribution in [0.4, 0.5) is 0 Å². The molecule has 0 fully saturated rings. The Morgan fingerprint density at radius 3 is 2.59 bits per heavy atom. The highest BCUT2D eigenvalue weighted by Crippen LogP contribution is 2.33. The van der Waals surface area contributed by atoms with E-state index in [4.69, 9.17) is 4.74 Å². The summed E-state index contributed by atoms with van der Waals surface area (Å²) in [6.45, 7) is 2.02. The summed E-state index contributed by atoms with van der Waals surface area (Å²) in [5, 5.41) is 0. The van der Waals surface area contributed by atoms with Crippen molar-refractivity contribution in [1.82, 2.24) is 9.47 Å². The van der Waals surface area contributed by atoms with Gasteiger partial charge in [-0.1, -0.05) is 54.6 Å². The van der Waals surface area contributed by atoms with E-state index >= 15 is 0 Å². The van der Waals surface area contributed by atoms with Gasteiger partial charge in [0.1, 0.15) is 0 Å². The second kappa shape index (κ2) is 8.45. The molecule has 5 nitrogen and oxygen atoms in total. The van der Waals surface area contributed by atoms with E-state index in [-0.39, 0.29) is 17.4 Å². The van der Waals surface area contributed by atoms with Gasteiger partial charge >= 0.3 is 0 Å². The first kappa shape index (κ1) is 19.2. The first-order chi connectivity index (χ1) is 14.2. The Bertz CT molecular complexity index is 1060. The fourth-order valence-corrected chi connectivity index (χ4v) is 3.94. The summed E-state index contributed by atoms with van der Waals surface area (Å²) in [5.41, 5.74) is 4.01. The number of carbonyl (C=O) groups is 1. The topological polar surface area (TPSA) is 51.5 Å². The number of nitrogens with zero attached hydrogens (tertiary/aromatic N) is 2. The van der Waals surface area contributed by atoms with Gasteiger partial charge in [0.2, 0.25) is 0 Å². The number of amides is 1. The molecule has 0 spiro atoms. The van der Waals surface area contributed by atoms with E-state index in [9.17, 15) is 9.59 Å². The van der Waals surface area contributed by atoms with Gasteiger partial charge in [0.15, 0.2) is 0 Å². The lowest BCUT2D eigenvalue weighted by Gasteiger charge is -2.35. The van der Waals surface area contributed by atoms with Crippen molar-refractivity contribution in [3.8, 4) is 0 Å². The van der Waals surface area contributed by atoms with Crippen LogP contribution in [0.2, 0.25) is 0 Å². The summed E-state index contributed by atoms with van der Waals surface area (Å²) in [7, 11) is 1.59. The van der Waals surface area contributed by atoms with E-state index in [0.717, 1.165) is 5.56 Å². The molecule has 0 saturated carbocycles. The molecule has 4 rings (SSSR count). The zero-order chi connectivity index (χ0) is 20.2. The molecule has 2 aromatic carbocycles. The van der Waals surface area contributed by atoms with Gasteiger partial charge in [-0.2, -0.15) is 0 Å². The Morgan fingerprint density at radius 1 is 1.03 bits per heavy atom. The number of rotatable bonds is 5. The van der Waals surface area contributed by atoms with Crippen molar-refractivity contribution in [2.75, 3.05) is 20.3 Å². The van der Waals surface area contributed by atoms with Crippen LogP contribution in [0.25, 0.3) is 0 Å². The van der Waals surface area contributed by atoms with Gasteiger partial charge in [-0.05, 0) is 22.8 Å². The Kier molecular flexibility index (Phi) is 5.58. The van der Waals surface area contributed by atoms with Crippen LogP contribution in [0.5, 0.6) is 0 Å². The van der Waals surface area contributed by atoms with Crippen molar-refractivity contribution in [2.45, 2.75) is 19.0 Å². The monoisotopic (exact) mass is 388 g/mol. The molecule has 1 atom stereocenters. The number of hydrogen-bond donors (Lipinski definition) is 0. The Labute approximate surface area is 170 Å². The average Bonchev–Trinajstić information content (AvgIpc) is 2.78. The zero-order valence-electron chi connectivity index (χ0n) is 16.5. The number of carbonyl (C=O) groups excluding carboxylic acids is 1. The van der Waals surface area contributed by atoms with Crippen molar-refractivity contribution in [1.29, 1.82) is 0 Å². The number of methoxy groups -OCH3 is 1. The molecule has 29 heavy (non-hydrogen) atoms. The minimum Gasteiger partial charge on any atom is -0.383 e.